The van der Waals surface area contributed by atoms with Crippen LogP contribution in [0.1, 0.15) is 24.8 Å². The predicted molar refractivity (Wildman–Crippen MR) is 90.4 cm³/mol. The summed E-state index contributed by atoms with van der Waals surface area (Å²) in [6.45, 7) is 1.44. The summed E-state index contributed by atoms with van der Waals surface area (Å²) in [5.41, 5.74) is 7.19. The van der Waals surface area contributed by atoms with Gasteiger partial charge in [-0.15, -0.1) is 0 Å². The first-order chi connectivity index (χ1) is 11.7. The number of ether oxygens (including phenoxy) is 1. The standard InChI is InChI=1S/C17H22N4O3/c22-15-7-11-21(16(23)19-15)13-24-12-4-10-18-20-17(8-9-17)14-5-2-1-3-6-14/h1-3,5-7,11,18,20H,4,8-10,12-13H2,(H,19,22,23). The number of aromatic nitrogens is 2. The zero-order valence-corrected chi connectivity index (χ0v) is 13.5. The van der Waals surface area contributed by atoms with Gasteiger partial charge in [0.1, 0.15) is 6.73 Å². The average molecular weight is 330 g/mol. The lowest BCUT2D eigenvalue weighted by atomic mass is 10.1. The van der Waals surface area contributed by atoms with Crippen molar-refractivity contribution in [3.05, 3.63) is 69.0 Å². The average Bonchev–Trinajstić information content (AvgIpc) is 3.38. The van der Waals surface area contributed by atoms with E-state index in [0.717, 1.165) is 25.8 Å². The quantitative estimate of drug-likeness (QED) is 0.465. The molecule has 0 radical (unpaired) electrons. The van der Waals surface area contributed by atoms with Gasteiger partial charge in [-0.3, -0.25) is 19.8 Å². The van der Waals surface area contributed by atoms with Crippen molar-refractivity contribution in [2.45, 2.75) is 31.5 Å². The fraction of sp³-hybridized carbons (Fsp3) is 0.412. The molecule has 0 aliphatic heterocycles. The topological polar surface area (TPSA) is 88.2 Å². The van der Waals surface area contributed by atoms with Crippen molar-refractivity contribution in [2.75, 3.05) is 13.2 Å². The molecule has 1 heterocycles. The molecular weight excluding hydrogens is 308 g/mol. The zero-order valence-electron chi connectivity index (χ0n) is 13.5. The van der Waals surface area contributed by atoms with Gasteiger partial charge in [0.05, 0.1) is 12.1 Å². The highest BCUT2D eigenvalue weighted by atomic mass is 16.5. The molecule has 0 amide bonds. The largest absolute Gasteiger partial charge is 0.361 e. The lowest BCUT2D eigenvalue weighted by Crippen LogP contribution is -2.41. The van der Waals surface area contributed by atoms with Gasteiger partial charge in [-0.05, 0) is 24.8 Å². The minimum atomic E-state index is -0.458. The zero-order chi connectivity index (χ0) is 16.8. The Kier molecular flexibility index (Phi) is 5.24. The van der Waals surface area contributed by atoms with Crippen LogP contribution in [0.3, 0.4) is 0 Å². The van der Waals surface area contributed by atoms with Gasteiger partial charge in [-0.25, -0.2) is 10.2 Å². The van der Waals surface area contributed by atoms with Crippen molar-refractivity contribution >= 4 is 0 Å². The Balaban J connectivity index is 1.32. The summed E-state index contributed by atoms with van der Waals surface area (Å²) in [5, 5.41) is 0. The molecule has 0 atom stereocenters. The molecule has 2 aromatic rings. The van der Waals surface area contributed by atoms with E-state index in [4.69, 9.17) is 4.74 Å². The van der Waals surface area contributed by atoms with Crippen LogP contribution in [0.2, 0.25) is 0 Å². The second-order valence-electron chi connectivity index (χ2n) is 5.97. The normalized spacial score (nSPS) is 15.3. The molecule has 24 heavy (non-hydrogen) atoms. The second kappa shape index (κ2) is 7.57. The van der Waals surface area contributed by atoms with Crippen LogP contribution in [0.25, 0.3) is 0 Å². The fourth-order valence-electron chi connectivity index (χ4n) is 2.57. The fourth-order valence-corrected chi connectivity index (χ4v) is 2.57. The van der Waals surface area contributed by atoms with Gasteiger partial charge >= 0.3 is 5.69 Å². The molecule has 0 spiro atoms. The molecule has 3 rings (SSSR count). The third-order valence-electron chi connectivity index (χ3n) is 4.12. The number of benzene rings is 1. The van der Waals surface area contributed by atoms with E-state index in [2.05, 4.69) is 40.1 Å². The molecule has 128 valence electrons. The summed E-state index contributed by atoms with van der Waals surface area (Å²) in [4.78, 5) is 24.6. The Morgan fingerprint density at radius 3 is 2.67 bits per heavy atom. The smallest absolute Gasteiger partial charge is 0.330 e. The Morgan fingerprint density at radius 2 is 1.96 bits per heavy atom. The second-order valence-corrected chi connectivity index (χ2v) is 5.97. The monoisotopic (exact) mass is 330 g/mol. The van der Waals surface area contributed by atoms with Crippen LogP contribution >= 0.6 is 0 Å². The Labute approximate surface area is 139 Å². The Morgan fingerprint density at radius 1 is 1.17 bits per heavy atom. The number of nitrogens with zero attached hydrogens (tertiary/aromatic N) is 1. The maximum atomic E-state index is 11.5. The third-order valence-corrected chi connectivity index (χ3v) is 4.12. The van der Waals surface area contributed by atoms with Gasteiger partial charge in [0.2, 0.25) is 0 Å². The molecule has 1 aliphatic rings. The molecule has 1 aliphatic carbocycles. The van der Waals surface area contributed by atoms with E-state index in [1.165, 1.54) is 22.4 Å². The first kappa shape index (κ1) is 16.6. The van der Waals surface area contributed by atoms with Gasteiger partial charge in [0.25, 0.3) is 5.56 Å². The number of hydrazine groups is 1. The van der Waals surface area contributed by atoms with Crippen molar-refractivity contribution in [3.8, 4) is 0 Å². The predicted octanol–water partition coefficient (Wildman–Crippen LogP) is 0.684. The molecule has 1 fully saturated rings. The molecule has 0 saturated heterocycles. The third kappa shape index (κ3) is 4.19. The molecular formula is C17H22N4O3. The number of aromatic amines is 1. The van der Waals surface area contributed by atoms with Crippen molar-refractivity contribution in [2.24, 2.45) is 0 Å². The van der Waals surface area contributed by atoms with E-state index in [9.17, 15) is 9.59 Å². The maximum Gasteiger partial charge on any atom is 0.330 e. The van der Waals surface area contributed by atoms with Crippen LogP contribution in [0, 0.1) is 0 Å². The Hall–Kier alpha value is -2.22. The van der Waals surface area contributed by atoms with Gasteiger partial charge in [0, 0.05) is 18.8 Å². The van der Waals surface area contributed by atoms with Crippen molar-refractivity contribution in [1.82, 2.24) is 20.4 Å². The highest BCUT2D eigenvalue weighted by molar-refractivity contribution is 5.29. The molecule has 0 unspecified atom stereocenters. The van der Waals surface area contributed by atoms with Crippen LogP contribution in [-0.4, -0.2) is 22.7 Å². The maximum absolute atomic E-state index is 11.5. The van der Waals surface area contributed by atoms with Crippen LogP contribution in [0.5, 0.6) is 0 Å². The van der Waals surface area contributed by atoms with Crippen LogP contribution in [0.15, 0.2) is 52.2 Å². The number of hydrogen-bond donors (Lipinski definition) is 3. The lowest BCUT2D eigenvalue weighted by molar-refractivity contribution is 0.0712. The first-order valence-corrected chi connectivity index (χ1v) is 8.13. The SMILES string of the molecule is O=c1ccn(COCCCNNC2(c3ccccc3)CC2)c(=O)[nH]1. The molecule has 7 nitrogen and oxygen atoms in total. The summed E-state index contributed by atoms with van der Waals surface area (Å²) in [7, 11) is 0. The molecule has 1 aromatic heterocycles. The molecule has 7 heteroatoms. The summed E-state index contributed by atoms with van der Waals surface area (Å²) >= 11 is 0. The van der Waals surface area contributed by atoms with Gasteiger partial charge in [0.15, 0.2) is 0 Å². The van der Waals surface area contributed by atoms with Gasteiger partial charge in [-0.2, -0.15) is 0 Å². The number of H-pyrrole nitrogens is 1. The number of hydrogen-bond acceptors (Lipinski definition) is 5. The number of rotatable bonds is 9. The summed E-state index contributed by atoms with van der Waals surface area (Å²) in [6, 6.07) is 11.7. The highest BCUT2D eigenvalue weighted by Crippen LogP contribution is 2.44. The summed E-state index contributed by atoms with van der Waals surface area (Å²) in [5.74, 6) is 0. The van der Waals surface area contributed by atoms with E-state index in [1.54, 1.807) is 0 Å². The van der Waals surface area contributed by atoms with E-state index in [1.807, 2.05) is 6.07 Å². The van der Waals surface area contributed by atoms with E-state index in [0.29, 0.717) is 6.61 Å². The lowest BCUT2D eigenvalue weighted by Gasteiger charge is -2.18. The van der Waals surface area contributed by atoms with Gasteiger partial charge < -0.3 is 4.74 Å². The van der Waals surface area contributed by atoms with E-state index in [-0.39, 0.29) is 12.3 Å². The van der Waals surface area contributed by atoms with Crippen molar-refractivity contribution in [1.29, 1.82) is 0 Å². The van der Waals surface area contributed by atoms with E-state index < -0.39 is 11.2 Å². The summed E-state index contributed by atoms with van der Waals surface area (Å²) < 4.78 is 6.77. The van der Waals surface area contributed by atoms with Crippen molar-refractivity contribution in [3.63, 3.8) is 0 Å². The molecule has 1 saturated carbocycles. The van der Waals surface area contributed by atoms with E-state index >= 15 is 0 Å². The minimum absolute atomic E-state index is 0.0747. The van der Waals surface area contributed by atoms with Crippen LogP contribution in [0.4, 0.5) is 0 Å². The molecule has 0 bridgehead atoms. The first-order valence-electron chi connectivity index (χ1n) is 8.13. The molecule has 3 N–H and O–H groups in total. The molecule has 1 aromatic carbocycles. The number of nitrogens with one attached hydrogen (secondary N) is 3. The summed E-state index contributed by atoms with van der Waals surface area (Å²) in [6.07, 6.45) is 4.51. The van der Waals surface area contributed by atoms with Crippen molar-refractivity contribution < 1.29 is 4.74 Å². The Bertz CT molecular complexity index is 765. The van der Waals surface area contributed by atoms with Crippen LogP contribution in [-0.2, 0) is 17.0 Å². The van der Waals surface area contributed by atoms with Crippen LogP contribution < -0.4 is 22.1 Å². The van der Waals surface area contributed by atoms with Gasteiger partial charge in [-0.1, -0.05) is 30.3 Å². The minimum Gasteiger partial charge on any atom is -0.361 e. The highest BCUT2D eigenvalue weighted by Gasteiger charge is 2.43.